The first kappa shape index (κ1) is 20.6. The number of nitrogens with zero attached hydrogens (tertiary/aromatic N) is 4. The molecule has 2 aromatic heterocycles. The fourth-order valence-electron chi connectivity index (χ4n) is 4.24. The lowest BCUT2D eigenvalue weighted by Crippen LogP contribution is -2.54. The third-order valence-corrected chi connectivity index (χ3v) is 6.06. The zero-order valence-electron chi connectivity index (χ0n) is 17.5. The summed E-state index contributed by atoms with van der Waals surface area (Å²) in [6.07, 6.45) is 5.93. The van der Waals surface area contributed by atoms with Crippen molar-refractivity contribution in [2.45, 2.75) is 39.2 Å². The van der Waals surface area contributed by atoms with Crippen molar-refractivity contribution in [1.29, 1.82) is 0 Å². The third-order valence-electron chi connectivity index (χ3n) is 5.78. The molecule has 3 heterocycles. The first-order valence-corrected chi connectivity index (χ1v) is 10.9. The van der Waals surface area contributed by atoms with E-state index in [1.807, 2.05) is 48.5 Å². The fourth-order valence-corrected chi connectivity index (χ4v) is 4.58. The van der Waals surface area contributed by atoms with Crippen LogP contribution in [0.1, 0.15) is 30.9 Å². The monoisotopic (exact) mass is 422 g/mol. The highest BCUT2D eigenvalue weighted by atomic mass is 35.5. The molecule has 30 heavy (non-hydrogen) atoms. The highest BCUT2D eigenvalue weighted by Gasteiger charge is 2.28. The van der Waals surface area contributed by atoms with Crippen molar-refractivity contribution in [2.24, 2.45) is 0 Å². The molecule has 0 spiro atoms. The van der Waals surface area contributed by atoms with E-state index in [4.69, 9.17) is 11.6 Å². The highest BCUT2D eigenvalue weighted by molar-refractivity contribution is 6.33. The number of aromatic nitrogens is 2. The minimum absolute atomic E-state index is 0.132. The maximum Gasteiger partial charge on any atom is 0.222 e. The lowest BCUT2D eigenvalue weighted by atomic mass is 10.0. The average molecular weight is 423 g/mol. The zero-order valence-corrected chi connectivity index (χ0v) is 18.3. The molecule has 1 aliphatic rings. The van der Waals surface area contributed by atoms with Gasteiger partial charge in [-0.25, -0.2) is 4.98 Å². The van der Waals surface area contributed by atoms with Gasteiger partial charge in [0.1, 0.15) is 5.82 Å². The number of hydrogen-bond donors (Lipinski definition) is 0. The van der Waals surface area contributed by atoms with E-state index in [0.29, 0.717) is 18.0 Å². The smallest absolute Gasteiger partial charge is 0.222 e. The Morgan fingerprint density at radius 2 is 2.07 bits per heavy atom. The zero-order chi connectivity index (χ0) is 21.1. The summed E-state index contributed by atoms with van der Waals surface area (Å²) in [6, 6.07) is 12.3. The second-order valence-corrected chi connectivity index (χ2v) is 8.45. The molecule has 0 unspecified atom stereocenters. The van der Waals surface area contributed by atoms with Crippen molar-refractivity contribution in [3.8, 4) is 0 Å². The van der Waals surface area contributed by atoms with Crippen molar-refractivity contribution < 1.29 is 4.79 Å². The maximum atomic E-state index is 12.9. The number of halogens is 1. The molecule has 1 fully saturated rings. The molecule has 0 N–H and O–H groups in total. The lowest BCUT2D eigenvalue weighted by molar-refractivity contribution is -0.133. The van der Waals surface area contributed by atoms with Gasteiger partial charge in [0.15, 0.2) is 0 Å². The molecule has 1 aromatic carbocycles. The van der Waals surface area contributed by atoms with Gasteiger partial charge < -0.3 is 9.80 Å². The van der Waals surface area contributed by atoms with Gasteiger partial charge in [0, 0.05) is 49.9 Å². The van der Waals surface area contributed by atoms with Gasteiger partial charge in [0.2, 0.25) is 5.91 Å². The molecule has 5 nitrogen and oxygen atoms in total. The van der Waals surface area contributed by atoms with Gasteiger partial charge >= 0.3 is 0 Å². The van der Waals surface area contributed by atoms with E-state index in [-0.39, 0.29) is 11.9 Å². The first-order chi connectivity index (χ1) is 14.5. The summed E-state index contributed by atoms with van der Waals surface area (Å²) >= 11 is 6.39. The SMILES string of the molecule is Cc1cnc(N2CCN(C(=O)CCCc3cccc4ncccc34)[C@H](C)C2)c(Cl)c1. The van der Waals surface area contributed by atoms with Gasteiger partial charge in [-0.1, -0.05) is 29.8 Å². The summed E-state index contributed by atoms with van der Waals surface area (Å²) in [5, 5.41) is 1.85. The Hall–Kier alpha value is -2.66. The van der Waals surface area contributed by atoms with Crippen LogP contribution < -0.4 is 4.90 Å². The van der Waals surface area contributed by atoms with E-state index in [0.717, 1.165) is 42.8 Å². The van der Waals surface area contributed by atoms with Crippen molar-refractivity contribution in [1.82, 2.24) is 14.9 Å². The number of piperazine rings is 1. The third kappa shape index (κ3) is 4.41. The Kier molecular flexibility index (Phi) is 6.18. The van der Waals surface area contributed by atoms with Gasteiger partial charge in [0.25, 0.3) is 0 Å². The van der Waals surface area contributed by atoms with Crippen molar-refractivity contribution in [3.63, 3.8) is 0 Å². The standard InChI is InChI=1S/C24H27ClN4O/c1-17-14-21(25)24(27-15-17)28-12-13-29(18(2)16-28)23(30)10-4-7-19-6-3-9-22-20(19)8-5-11-26-22/h3,5-6,8-9,11,14-15,18H,4,7,10,12-13,16H2,1-2H3/t18-/m1/s1. The van der Waals surface area contributed by atoms with Crippen molar-refractivity contribution >= 4 is 34.2 Å². The molecule has 6 heteroatoms. The Balaban J connectivity index is 1.33. The van der Waals surface area contributed by atoms with E-state index in [1.165, 1.54) is 10.9 Å². The number of benzene rings is 1. The number of carbonyl (C=O) groups excluding carboxylic acids is 1. The predicted molar refractivity (Wildman–Crippen MR) is 122 cm³/mol. The van der Waals surface area contributed by atoms with E-state index in [9.17, 15) is 4.79 Å². The second kappa shape index (κ2) is 9.00. The quantitative estimate of drug-likeness (QED) is 0.600. The number of hydrogen-bond acceptors (Lipinski definition) is 4. The topological polar surface area (TPSA) is 49.3 Å². The van der Waals surface area contributed by atoms with Gasteiger partial charge in [-0.3, -0.25) is 9.78 Å². The summed E-state index contributed by atoms with van der Waals surface area (Å²) in [4.78, 5) is 26.0. The highest BCUT2D eigenvalue weighted by Crippen LogP contribution is 2.26. The summed E-state index contributed by atoms with van der Waals surface area (Å²) < 4.78 is 0. The van der Waals surface area contributed by atoms with Crippen LogP contribution in [-0.2, 0) is 11.2 Å². The molecule has 4 rings (SSSR count). The number of fused-ring (bicyclic) bond motifs is 1. The molecule has 156 valence electrons. The van der Waals surface area contributed by atoms with E-state index >= 15 is 0 Å². The Bertz CT molecular complexity index is 1050. The molecule has 0 radical (unpaired) electrons. The summed E-state index contributed by atoms with van der Waals surface area (Å²) in [5.41, 5.74) is 3.31. The second-order valence-electron chi connectivity index (χ2n) is 8.04. The van der Waals surface area contributed by atoms with Gasteiger partial charge in [-0.05, 0) is 56.0 Å². The van der Waals surface area contributed by atoms with Crippen LogP contribution in [0.3, 0.4) is 0 Å². The minimum atomic E-state index is 0.132. The molecule has 1 aliphatic heterocycles. The molecule has 0 bridgehead atoms. The molecular formula is C24H27ClN4O. The van der Waals surface area contributed by atoms with Crippen LogP contribution in [0.5, 0.6) is 0 Å². The Morgan fingerprint density at radius 3 is 2.87 bits per heavy atom. The molecule has 1 atom stereocenters. The normalized spacial score (nSPS) is 16.8. The molecule has 1 saturated heterocycles. The van der Waals surface area contributed by atoms with Crippen LogP contribution in [-0.4, -0.2) is 46.5 Å². The van der Waals surface area contributed by atoms with Crippen LogP contribution in [0, 0.1) is 6.92 Å². The van der Waals surface area contributed by atoms with E-state index in [1.54, 1.807) is 0 Å². The molecule has 0 aliphatic carbocycles. The summed E-state index contributed by atoms with van der Waals surface area (Å²) in [5.74, 6) is 1.04. The number of amides is 1. The molecular weight excluding hydrogens is 396 g/mol. The van der Waals surface area contributed by atoms with Gasteiger partial charge in [-0.2, -0.15) is 0 Å². The molecule has 0 saturated carbocycles. The minimum Gasteiger partial charge on any atom is -0.352 e. The van der Waals surface area contributed by atoms with E-state index in [2.05, 4.69) is 33.9 Å². The largest absolute Gasteiger partial charge is 0.352 e. The first-order valence-electron chi connectivity index (χ1n) is 10.5. The van der Waals surface area contributed by atoms with Crippen LogP contribution in [0.15, 0.2) is 48.8 Å². The van der Waals surface area contributed by atoms with Crippen molar-refractivity contribution in [2.75, 3.05) is 24.5 Å². The summed E-state index contributed by atoms with van der Waals surface area (Å²) in [6.45, 7) is 6.28. The number of pyridine rings is 2. The van der Waals surface area contributed by atoms with Crippen LogP contribution in [0.2, 0.25) is 5.02 Å². The number of aryl methyl sites for hydroxylation is 2. The lowest BCUT2D eigenvalue weighted by Gasteiger charge is -2.40. The maximum absolute atomic E-state index is 12.9. The van der Waals surface area contributed by atoms with Crippen LogP contribution in [0.4, 0.5) is 5.82 Å². The number of anilines is 1. The van der Waals surface area contributed by atoms with Gasteiger partial charge in [0.05, 0.1) is 10.5 Å². The van der Waals surface area contributed by atoms with Crippen molar-refractivity contribution in [3.05, 3.63) is 64.9 Å². The fraction of sp³-hybridized carbons (Fsp3) is 0.375. The Labute approximate surface area is 182 Å². The number of carbonyl (C=O) groups is 1. The van der Waals surface area contributed by atoms with Crippen LogP contribution in [0.25, 0.3) is 10.9 Å². The van der Waals surface area contributed by atoms with Gasteiger partial charge in [-0.15, -0.1) is 0 Å². The predicted octanol–water partition coefficient (Wildman–Crippen LogP) is 4.65. The summed E-state index contributed by atoms with van der Waals surface area (Å²) in [7, 11) is 0. The van der Waals surface area contributed by atoms with E-state index < -0.39 is 0 Å². The number of rotatable bonds is 5. The van der Waals surface area contributed by atoms with Crippen LogP contribution >= 0.6 is 11.6 Å². The molecule has 1 amide bonds. The average Bonchev–Trinajstić information content (AvgIpc) is 2.74. The Morgan fingerprint density at radius 1 is 1.20 bits per heavy atom. The molecule has 3 aromatic rings.